The summed E-state index contributed by atoms with van der Waals surface area (Å²) in [5.41, 5.74) is 7.49. The Morgan fingerprint density at radius 3 is 2.56 bits per heavy atom. The molecule has 0 bridgehead atoms. The fourth-order valence-electron chi connectivity index (χ4n) is 1.68. The van der Waals surface area contributed by atoms with Crippen LogP contribution in [0.2, 0.25) is 5.02 Å². The van der Waals surface area contributed by atoms with E-state index in [0.717, 1.165) is 23.8 Å². The minimum atomic E-state index is 0.675. The normalized spacial score (nSPS) is 12.5. The maximum absolute atomic E-state index is 6.21. The Morgan fingerprint density at radius 2 is 2.06 bits per heavy atom. The summed E-state index contributed by atoms with van der Waals surface area (Å²) in [7, 11) is 0. The third kappa shape index (κ3) is 3.31. The van der Waals surface area contributed by atoms with E-state index in [1.54, 1.807) is 0 Å². The van der Waals surface area contributed by atoms with E-state index < -0.39 is 0 Å². The summed E-state index contributed by atoms with van der Waals surface area (Å²) >= 11 is 6.21. The average Bonchev–Trinajstić information content (AvgIpc) is 2.26. The van der Waals surface area contributed by atoms with Crippen LogP contribution in [0.4, 0.5) is 11.4 Å². The zero-order valence-electron chi connectivity index (χ0n) is 10.3. The van der Waals surface area contributed by atoms with Crippen LogP contribution in [-0.4, -0.2) is 13.1 Å². The highest BCUT2D eigenvalue weighted by atomic mass is 35.5. The lowest BCUT2D eigenvalue weighted by atomic mass is 10.1. The van der Waals surface area contributed by atoms with Crippen molar-refractivity contribution in [3.8, 4) is 0 Å². The van der Waals surface area contributed by atoms with Crippen molar-refractivity contribution in [2.75, 3.05) is 23.7 Å². The van der Waals surface area contributed by atoms with E-state index in [9.17, 15) is 0 Å². The van der Waals surface area contributed by atoms with Gasteiger partial charge in [-0.15, -0.1) is 0 Å². The third-order valence-electron chi connectivity index (χ3n) is 2.92. The molecule has 0 spiro atoms. The Bertz CT molecular complexity index is 339. The molecular formula is C13H21ClN2. The molecule has 90 valence electrons. The van der Waals surface area contributed by atoms with Gasteiger partial charge in [-0.2, -0.15) is 0 Å². The quantitative estimate of drug-likeness (QED) is 0.794. The molecule has 0 heterocycles. The van der Waals surface area contributed by atoms with Crippen LogP contribution >= 0.6 is 11.6 Å². The lowest BCUT2D eigenvalue weighted by Crippen LogP contribution is -2.28. The Kier molecular flexibility index (Phi) is 4.94. The zero-order valence-corrected chi connectivity index (χ0v) is 11.1. The molecule has 3 heteroatoms. The molecule has 0 saturated heterocycles. The van der Waals surface area contributed by atoms with Crippen molar-refractivity contribution in [2.45, 2.75) is 27.2 Å². The third-order valence-corrected chi connectivity index (χ3v) is 3.23. The largest absolute Gasteiger partial charge is 0.399 e. The van der Waals surface area contributed by atoms with Crippen molar-refractivity contribution in [3.05, 3.63) is 23.2 Å². The van der Waals surface area contributed by atoms with Gasteiger partial charge in [0.15, 0.2) is 0 Å². The number of anilines is 2. The number of nitrogen functional groups attached to an aromatic ring is 1. The Morgan fingerprint density at radius 1 is 1.38 bits per heavy atom. The van der Waals surface area contributed by atoms with Gasteiger partial charge in [-0.3, -0.25) is 0 Å². The molecule has 2 N–H and O–H groups in total. The van der Waals surface area contributed by atoms with E-state index in [2.05, 4.69) is 25.7 Å². The predicted octanol–water partition coefficient (Wildman–Crippen LogP) is 3.79. The van der Waals surface area contributed by atoms with Gasteiger partial charge >= 0.3 is 0 Å². The number of hydrogen-bond donors (Lipinski definition) is 1. The highest BCUT2D eigenvalue weighted by molar-refractivity contribution is 6.33. The number of hydrogen-bond acceptors (Lipinski definition) is 2. The molecule has 0 fully saturated rings. The molecule has 1 unspecified atom stereocenters. The van der Waals surface area contributed by atoms with Crippen LogP contribution in [0.3, 0.4) is 0 Å². The van der Waals surface area contributed by atoms with Gasteiger partial charge in [0.1, 0.15) is 0 Å². The van der Waals surface area contributed by atoms with Gasteiger partial charge in [0, 0.05) is 18.8 Å². The molecule has 0 aliphatic carbocycles. The average molecular weight is 241 g/mol. The molecule has 1 aromatic carbocycles. The van der Waals surface area contributed by atoms with Crippen LogP contribution in [-0.2, 0) is 0 Å². The highest BCUT2D eigenvalue weighted by Gasteiger charge is 2.11. The maximum Gasteiger partial charge on any atom is 0.0660 e. The molecule has 16 heavy (non-hydrogen) atoms. The summed E-state index contributed by atoms with van der Waals surface area (Å²) < 4.78 is 0. The molecule has 1 rings (SSSR count). The van der Waals surface area contributed by atoms with Gasteiger partial charge < -0.3 is 10.6 Å². The first kappa shape index (κ1) is 13.2. The highest BCUT2D eigenvalue weighted by Crippen LogP contribution is 2.28. The molecule has 1 atom stereocenters. The Hall–Kier alpha value is -0.890. The summed E-state index contributed by atoms with van der Waals surface area (Å²) in [6.07, 6.45) is 1.18. The molecule has 0 amide bonds. The van der Waals surface area contributed by atoms with E-state index in [-0.39, 0.29) is 0 Å². The summed E-state index contributed by atoms with van der Waals surface area (Å²) in [6.45, 7) is 8.62. The molecule has 0 aromatic heterocycles. The van der Waals surface area contributed by atoms with Crippen molar-refractivity contribution in [2.24, 2.45) is 5.92 Å². The first-order chi connectivity index (χ1) is 7.58. The molecule has 0 saturated carbocycles. The number of nitrogens with two attached hydrogens (primary N) is 1. The first-order valence-corrected chi connectivity index (χ1v) is 6.26. The van der Waals surface area contributed by atoms with E-state index >= 15 is 0 Å². The van der Waals surface area contributed by atoms with E-state index in [4.69, 9.17) is 17.3 Å². The van der Waals surface area contributed by atoms with Crippen LogP contribution in [0.25, 0.3) is 0 Å². The van der Waals surface area contributed by atoms with Crippen LogP contribution < -0.4 is 10.6 Å². The number of halogens is 1. The van der Waals surface area contributed by atoms with Crippen LogP contribution in [0.1, 0.15) is 27.2 Å². The number of rotatable bonds is 5. The van der Waals surface area contributed by atoms with Crippen molar-refractivity contribution in [1.82, 2.24) is 0 Å². The van der Waals surface area contributed by atoms with Gasteiger partial charge in [-0.25, -0.2) is 0 Å². The summed E-state index contributed by atoms with van der Waals surface area (Å²) in [6, 6.07) is 5.72. The Balaban J connectivity index is 2.86. The summed E-state index contributed by atoms with van der Waals surface area (Å²) in [4.78, 5) is 2.30. The minimum absolute atomic E-state index is 0.675. The molecule has 0 radical (unpaired) electrons. The van der Waals surface area contributed by atoms with Crippen molar-refractivity contribution in [1.29, 1.82) is 0 Å². The zero-order chi connectivity index (χ0) is 12.1. The monoisotopic (exact) mass is 240 g/mol. The lowest BCUT2D eigenvalue weighted by molar-refractivity contribution is 0.548. The van der Waals surface area contributed by atoms with Gasteiger partial charge in [0.2, 0.25) is 0 Å². The second-order valence-corrected chi connectivity index (χ2v) is 4.67. The molecule has 0 aliphatic heterocycles. The van der Waals surface area contributed by atoms with Gasteiger partial charge in [-0.1, -0.05) is 31.9 Å². The minimum Gasteiger partial charge on any atom is -0.399 e. The van der Waals surface area contributed by atoms with Gasteiger partial charge in [0.25, 0.3) is 0 Å². The standard InChI is InChI=1S/C13H21ClN2/c1-4-10(3)9-16(5-2)13-7-6-11(15)8-12(13)14/h6-8,10H,4-5,9,15H2,1-3H3. The number of benzene rings is 1. The molecule has 1 aromatic rings. The van der Waals surface area contributed by atoms with Crippen molar-refractivity contribution in [3.63, 3.8) is 0 Å². The molecular weight excluding hydrogens is 220 g/mol. The van der Waals surface area contributed by atoms with E-state index in [1.807, 2.05) is 18.2 Å². The van der Waals surface area contributed by atoms with Gasteiger partial charge in [0.05, 0.1) is 10.7 Å². The fourth-order valence-corrected chi connectivity index (χ4v) is 1.99. The summed E-state index contributed by atoms with van der Waals surface area (Å²) in [5, 5.41) is 0.741. The summed E-state index contributed by atoms with van der Waals surface area (Å²) in [5.74, 6) is 0.675. The van der Waals surface area contributed by atoms with Crippen LogP contribution in [0, 0.1) is 5.92 Å². The van der Waals surface area contributed by atoms with Crippen molar-refractivity contribution >= 4 is 23.0 Å². The van der Waals surface area contributed by atoms with Crippen molar-refractivity contribution < 1.29 is 0 Å². The topological polar surface area (TPSA) is 29.3 Å². The predicted molar refractivity (Wildman–Crippen MR) is 73.2 cm³/mol. The van der Waals surface area contributed by atoms with Gasteiger partial charge in [-0.05, 0) is 31.0 Å². The van der Waals surface area contributed by atoms with Crippen LogP contribution in [0.15, 0.2) is 18.2 Å². The fraction of sp³-hybridized carbons (Fsp3) is 0.538. The molecule has 0 aliphatic rings. The maximum atomic E-state index is 6.21. The van der Waals surface area contributed by atoms with E-state index in [0.29, 0.717) is 11.6 Å². The molecule has 2 nitrogen and oxygen atoms in total. The SMILES string of the molecule is CCC(C)CN(CC)c1ccc(N)cc1Cl. The second kappa shape index (κ2) is 6.00. The smallest absolute Gasteiger partial charge is 0.0660 e. The Labute approximate surface area is 103 Å². The van der Waals surface area contributed by atoms with Crippen LogP contribution in [0.5, 0.6) is 0 Å². The van der Waals surface area contributed by atoms with E-state index in [1.165, 1.54) is 6.42 Å². The second-order valence-electron chi connectivity index (χ2n) is 4.26. The first-order valence-electron chi connectivity index (χ1n) is 5.88. The lowest BCUT2D eigenvalue weighted by Gasteiger charge is -2.27. The number of nitrogens with zero attached hydrogens (tertiary/aromatic N) is 1.